The third-order valence-corrected chi connectivity index (χ3v) is 4.44. The summed E-state index contributed by atoms with van der Waals surface area (Å²) in [6.45, 7) is 3.68. The van der Waals surface area contributed by atoms with E-state index in [4.69, 9.17) is 10.5 Å². The maximum atomic E-state index is 11.8. The van der Waals surface area contributed by atoms with Gasteiger partial charge in [-0.2, -0.15) is 4.31 Å². The smallest absolute Gasteiger partial charge is 0.214 e. The molecule has 0 aromatic carbocycles. The van der Waals surface area contributed by atoms with Gasteiger partial charge >= 0.3 is 0 Å². The molecule has 1 atom stereocenters. The minimum Gasteiger partial charge on any atom is -0.374 e. The molecule has 0 saturated carbocycles. The fourth-order valence-corrected chi connectivity index (χ4v) is 3.20. The minimum atomic E-state index is -3.09. The van der Waals surface area contributed by atoms with E-state index < -0.39 is 10.0 Å². The van der Waals surface area contributed by atoms with Crippen molar-refractivity contribution < 1.29 is 13.2 Å². The number of rotatable bonds is 5. The van der Waals surface area contributed by atoms with E-state index in [2.05, 4.69) is 0 Å². The molecule has 0 radical (unpaired) electrons. The first kappa shape index (κ1) is 12.9. The van der Waals surface area contributed by atoms with Crippen molar-refractivity contribution in [3.8, 4) is 0 Å². The van der Waals surface area contributed by atoms with Crippen LogP contribution in [0.25, 0.3) is 0 Å². The molecule has 1 saturated heterocycles. The molecule has 1 heterocycles. The van der Waals surface area contributed by atoms with Crippen molar-refractivity contribution in [1.29, 1.82) is 0 Å². The number of sulfonamides is 1. The maximum absolute atomic E-state index is 11.8. The van der Waals surface area contributed by atoms with Crippen molar-refractivity contribution in [2.24, 2.45) is 5.73 Å². The highest BCUT2D eigenvalue weighted by molar-refractivity contribution is 7.89. The second-order valence-corrected chi connectivity index (χ2v) is 5.84. The average Bonchev–Trinajstić information content (AvgIpc) is 2.26. The van der Waals surface area contributed by atoms with E-state index in [0.717, 1.165) is 6.42 Å². The fourth-order valence-electron chi connectivity index (χ4n) is 1.54. The van der Waals surface area contributed by atoms with Gasteiger partial charge in [-0.05, 0) is 6.42 Å². The number of nitrogens with zero attached hydrogens (tertiary/aromatic N) is 1. The summed E-state index contributed by atoms with van der Waals surface area (Å²) in [6, 6.07) is 0. The molecule has 1 aliphatic heterocycles. The first-order chi connectivity index (χ1) is 7.10. The number of ether oxygens (including phenoxy) is 1. The monoisotopic (exact) mass is 236 g/mol. The van der Waals surface area contributed by atoms with Crippen molar-refractivity contribution in [3.05, 3.63) is 0 Å². The van der Waals surface area contributed by atoms with Crippen molar-refractivity contribution in [2.75, 3.05) is 32.0 Å². The quantitative estimate of drug-likeness (QED) is 0.716. The lowest BCUT2D eigenvalue weighted by Gasteiger charge is -2.31. The van der Waals surface area contributed by atoms with Gasteiger partial charge in [0, 0.05) is 19.6 Å². The van der Waals surface area contributed by atoms with Gasteiger partial charge in [-0.15, -0.1) is 0 Å². The van der Waals surface area contributed by atoms with Crippen molar-refractivity contribution in [3.63, 3.8) is 0 Å². The van der Waals surface area contributed by atoms with Crippen molar-refractivity contribution in [2.45, 2.75) is 25.9 Å². The second-order valence-electron chi connectivity index (χ2n) is 3.76. The first-order valence-electron chi connectivity index (χ1n) is 5.39. The van der Waals surface area contributed by atoms with Crippen LogP contribution in [0.3, 0.4) is 0 Å². The van der Waals surface area contributed by atoms with Gasteiger partial charge < -0.3 is 10.5 Å². The molecule has 1 unspecified atom stereocenters. The van der Waals surface area contributed by atoms with Gasteiger partial charge in [0.1, 0.15) is 0 Å². The molecule has 1 fully saturated rings. The van der Waals surface area contributed by atoms with Gasteiger partial charge in [0.25, 0.3) is 0 Å². The zero-order chi connectivity index (χ0) is 11.3. The number of hydrogen-bond donors (Lipinski definition) is 1. The summed E-state index contributed by atoms with van der Waals surface area (Å²) in [5.41, 5.74) is 5.46. The molecule has 90 valence electrons. The molecule has 2 N–H and O–H groups in total. The molecule has 15 heavy (non-hydrogen) atoms. The molecule has 5 nitrogen and oxygen atoms in total. The predicted molar refractivity (Wildman–Crippen MR) is 59.1 cm³/mol. The summed E-state index contributed by atoms with van der Waals surface area (Å²) in [5, 5.41) is 0. The predicted octanol–water partition coefficient (Wildman–Crippen LogP) is -0.224. The lowest BCUT2D eigenvalue weighted by atomic mass is 10.3. The Morgan fingerprint density at radius 2 is 2.27 bits per heavy atom. The average molecular weight is 236 g/mol. The maximum Gasteiger partial charge on any atom is 0.214 e. The normalized spacial score (nSPS) is 24.3. The molecule has 0 bridgehead atoms. The van der Waals surface area contributed by atoms with Gasteiger partial charge in [0.05, 0.1) is 18.5 Å². The highest BCUT2D eigenvalue weighted by Crippen LogP contribution is 2.11. The summed E-state index contributed by atoms with van der Waals surface area (Å²) in [7, 11) is -3.09. The van der Waals surface area contributed by atoms with Crippen LogP contribution >= 0.6 is 0 Å². The lowest BCUT2D eigenvalue weighted by molar-refractivity contribution is 0.00451. The van der Waals surface area contributed by atoms with Crippen LogP contribution in [0.5, 0.6) is 0 Å². The molecule has 1 rings (SSSR count). The Morgan fingerprint density at radius 1 is 1.53 bits per heavy atom. The van der Waals surface area contributed by atoms with Gasteiger partial charge in [-0.1, -0.05) is 13.3 Å². The third kappa shape index (κ3) is 3.71. The van der Waals surface area contributed by atoms with Crippen LogP contribution in [0, 0.1) is 0 Å². The van der Waals surface area contributed by atoms with Crippen LogP contribution in [-0.4, -0.2) is 50.8 Å². The molecule has 0 spiro atoms. The van der Waals surface area contributed by atoms with Crippen molar-refractivity contribution in [1.82, 2.24) is 4.31 Å². The van der Waals surface area contributed by atoms with Crippen LogP contribution in [0.15, 0.2) is 0 Å². The van der Waals surface area contributed by atoms with Gasteiger partial charge in [-0.25, -0.2) is 8.42 Å². The molecule has 0 aromatic heterocycles. The van der Waals surface area contributed by atoms with Gasteiger partial charge in [0.2, 0.25) is 10.0 Å². The van der Waals surface area contributed by atoms with Gasteiger partial charge in [0.15, 0.2) is 0 Å². The summed E-state index contributed by atoms with van der Waals surface area (Å²) in [6.07, 6.45) is 1.46. The van der Waals surface area contributed by atoms with Crippen LogP contribution in [-0.2, 0) is 14.8 Å². The first-order valence-corrected chi connectivity index (χ1v) is 7.00. The standard InChI is InChI=1S/C9H20N2O3S/c1-2-3-6-15(12,13)11-4-5-14-9(7-10)8-11/h9H,2-8,10H2,1H3. The van der Waals surface area contributed by atoms with Crippen LogP contribution in [0.4, 0.5) is 0 Å². The lowest BCUT2D eigenvalue weighted by Crippen LogP contribution is -2.48. The van der Waals surface area contributed by atoms with Crippen LogP contribution < -0.4 is 5.73 Å². The number of unbranched alkanes of at least 4 members (excludes halogenated alkanes) is 1. The van der Waals surface area contributed by atoms with Crippen molar-refractivity contribution >= 4 is 10.0 Å². The SMILES string of the molecule is CCCCS(=O)(=O)N1CCOC(CN)C1. The van der Waals surface area contributed by atoms with Gasteiger partial charge in [-0.3, -0.25) is 0 Å². The van der Waals surface area contributed by atoms with E-state index in [-0.39, 0.29) is 11.9 Å². The Labute approximate surface area is 91.6 Å². The molecule has 1 aliphatic rings. The summed E-state index contributed by atoms with van der Waals surface area (Å²) < 4.78 is 30.5. The molecule has 0 aromatic rings. The van der Waals surface area contributed by atoms with E-state index in [0.29, 0.717) is 32.7 Å². The van der Waals surface area contributed by atoms with E-state index in [1.807, 2.05) is 6.92 Å². The highest BCUT2D eigenvalue weighted by Gasteiger charge is 2.28. The molecule has 6 heteroatoms. The highest BCUT2D eigenvalue weighted by atomic mass is 32.2. The Balaban J connectivity index is 2.54. The minimum absolute atomic E-state index is 0.143. The zero-order valence-corrected chi connectivity index (χ0v) is 10.0. The topological polar surface area (TPSA) is 72.6 Å². The van der Waals surface area contributed by atoms with E-state index in [1.165, 1.54) is 4.31 Å². The Hall–Kier alpha value is -0.170. The van der Waals surface area contributed by atoms with E-state index in [9.17, 15) is 8.42 Å². The summed E-state index contributed by atoms with van der Waals surface area (Å²) in [5.74, 6) is 0.237. The number of nitrogens with two attached hydrogens (primary N) is 1. The van der Waals surface area contributed by atoms with Crippen LogP contribution in [0.1, 0.15) is 19.8 Å². The summed E-state index contributed by atoms with van der Waals surface area (Å²) in [4.78, 5) is 0. The molecular formula is C9H20N2O3S. The summed E-state index contributed by atoms with van der Waals surface area (Å²) >= 11 is 0. The van der Waals surface area contributed by atoms with E-state index >= 15 is 0 Å². The molecule has 0 amide bonds. The Kier molecular flexibility index (Phi) is 4.98. The fraction of sp³-hybridized carbons (Fsp3) is 1.00. The van der Waals surface area contributed by atoms with E-state index in [1.54, 1.807) is 0 Å². The zero-order valence-electron chi connectivity index (χ0n) is 9.18. The largest absolute Gasteiger partial charge is 0.374 e. The molecular weight excluding hydrogens is 216 g/mol. The molecule has 0 aliphatic carbocycles. The van der Waals surface area contributed by atoms with Crippen LogP contribution in [0.2, 0.25) is 0 Å². The number of morpholine rings is 1. The number of hydrogen-bond acceptors (Lipinski definition) is 4. The third-order valence-electron chi connectivity index (χ3n) is 2.51. The Bertz CT molecular complexity index is 279. The second kappa shape index (κ2) is 5.79. The Morgan fingerprint density at radius 3 is 2.87 bits per heavy atom.